The highest BCUT2D eigenvalue weighted by Crippen LogP contribution is 2.23. The molecule has 1 N–H and O–H groups in total. The number of anilines is 1. The maximum Gasteiger partial charge on any atom is 0.226 e. The number of nitrogens with one attached hydrogen (secondary N) is 1. The van der Waals surface area contributed by atoms with Crippen molar-refractivity contribution in [3.63, 3.8) is 0 Å². The Kier molecular flexibility index (Phi) is 7.18. The summed E-state index contributed by atoms with van der Waals surface area (Å²) in [7, 11) is 0. The lowest BCUT2D eigenvalue weighted by molar-refractivity contribution is -0.116. The first-order valence-electron chi connectivity index (χ1n) is 9.17. The quantitative estimate of drug-likeness (QED) is 0.441. The van der Waals surface area contributed by atoms with E-state index < -0.39 is 0 Å². The Morgan fingerprint density at radius 2 is 1.86 bits per heavy atom. The molecule has 0 aliphatic heterocycles. The second-order valence-corrected chi connectivity index (χ2v) is 8.16. The number of aryl methyl sites for hydroxylation is 2. The zero-order valence-electron chi connectivity index (χ0n) is 16.0. The van der Waals surface area contributed by atoms with Crippen molar-refractivity contribution in [1.82, 2.24) is 4.98 Å². The summed E-state index contributed by atoms with van der Waals surface area (Å²) >= 11 is 7.65. The van der Waals surface area contributed by atoms with Gasteiger partial charge in [0, 0.05) is 28.4 Å². The Morgan fingerprint density at radius 3 is 2.57 bits per heavy atom. The highest BCUT2D eigenvalue weighted by atomic mass is 35.5. The van der Waals surface area contributed by atoms with Crippen LogP contribution in [-0.2, 0) is 10.5 Å². The molecule has 0 saturated carbocycles. The van der Waals surface area contributed by atoms with Gasteiger partial charge in [0.05, 0.1) is 5.69 Å². The average molecular weight is 415 g/mol. The third kappa shape index (κ3) is 5.63. The van der Waals surface area contributed by atoms with E-state index in [0.29, 0.717) is 17.3 Å². The maximum absolute atomic E-state index is 12.2. The van der Waals surface area contributed by atoms with Crippen LogP contribution in [0.4, 0.5) is 5.69 Å². The van der Waals surface area contributed by atoms with Gasteiger partial charge in [-0.2, -0.15) is 11.8 Å². The molecule has 0 spiro atoms. The van der Waals surface area contributed by atoms with Crippen LogP contribution in [0.5, 0.6) is 0 Å². The standard InChI is InChI=1S/C22H23ClN2O2S/c1-15-5-3-6-16(2)21(15)25-20(26)7-4-12-28-14-19-13-27-22(24-19)17-8-10-18(23)11-9-17/h3,5-6,8-11,13H,4,7,12,14H2,1-2H3,(H,25,26). The molecule has 0 saturated heterocycles. The van der Waals surface area contributed by atoms with E-state index in [1.807, 2.05) is 56.3 Å². The number of carbonyl (C=O) groups is 1. The molecule has 1 heterocycles. The SMILES string of the molecule is Cc1cccc(C)c1NC(=O)CCCSCc1coc(-c2ccc(Cl)cc2)n1. The summed E-state index contributed by atoms with van der Waals surface area (Å²) < 4.78 is 5.54. The molecule has 1 amide bonds. The topological polar surface area (TPSA) is 55.1 Å². The number of aromatic nitrogens is 1. The van der Waals surface area contributed by atoms with Gasteiger partial charge in [0.1, 0.15) is 6.26 Å². The van der Waals surface area contributed by atoms with E-state index >= 15 is 0 Å². The maximum atomic E-state index is 12.2. The Balaban J connectivity index is 1.39. The van der Waals surface area contributed by atoms with Crippen LogP contribution in [0.15, 0.2) is 53.1 Å². The number of hydrogen-bond donors (Lipinski definition) is 1. The van der Waals surface area contributed by atoms with E-state index in [0.717, 1.165) is 46.0 Å². The molecule has 0 bridgehead atoms. The molecule has 0 fully saturated rings. The summed E-state index contributed by atoms with van der Waals surface area (Å²) in [6.07, 6.45) is 3.02. The first-order valence-corrected chi connectivity index (χ1v) is 10.7. The predicted molar refractivity (Wildman–Crippen MR) is 117 cm³/mol. The Labute approximate surface area is 174 Å². The van der Waals surface area contributed by atoms with Crippen LogP contribution in [0.25, 0.3) is 11.5 Å². The van der Waals surface area contributed by atoms with Gasteiger partial charge < -0.3 is 9.73 Å². The van der Waals surface area contributed by atoms with Gasteiger partial charge in [0.25, 0.3) is 0 Å². The molecule has 0 unspecified atom stereocenters. The van der Waals surface area contributed by atoms with Crippen molar-refractivity contribution in [3.8, 4) is 11.5 Å². The van der Waals surface area contributed by atoms with E-state index in [1.165, 1.54) is 0 Å². The normalized spacial score (nSPS) is 10.8. The van der Waals surface area contributed by atoms with Gasteiger partial charge in [0.15, 0.2) is 0 Å². The zero-order valence-corrected chi connectivity index (χ0v) is 17.6. The fraction of sp³-hybridized carbons (Fsp3) is 0.273. The average Bonchev–Trinajstić information content (AvgIpc) is 3.14. The summed E-state index contributed by atoms with van der Waals surface area (Å²) in [6.45, 7) is 4.02. The molecule has 146 valence electrons. The lowest BCUT2D eigenvalue weighted by Crippen LogP contribution is -2.13. The molecule has 1 aromatic heterocycles. The van der Waals surface area contributed by atoms with E-state index in [-0.39, 0.29) is 5.91 Å². The van der Waals surface area contributed by atoms with Crippen molar-refractivity contribution in [3.05, 3.63) is 70.6 Å². The summed E-state index contributed by atoms with van der Waals surface area (Å²) in [4.78, 5) is 16.7. The number of halogens is 1. The molecule has 6 heteroatoms. The highest BCUT2D eigenvalue weighted by molar-refractivity contribution is 7.98. The van der Waals surface area contributed by atoms with Crippen molar-refractivity contribution < 1.29 is 9.21 Å². The molecule has 0 atom stereocenters. The van der Waals surface area contributed by atoms with Crippen molar-refractivity contribution in [2.24, 2.45) is 0 Å². The molecule has 3 aromatic rings. The number of nitrogens with zero attached hydrogens (tertiary/aromatic N) is 1. The minimum absolute atomic E-state index is 0.0597. The van der Waals surface area contributed by atoms with Crippen molar-refractivity contribution in [2.75, 3.05) is 11.1 Å². The fourth-order valence-corrected chi connectivity index (χ4v) is 3.78. The van der Waals surface area contributed by atoms with Crippen LogP contribution in [0, 0.1) is 13.8 Å². The zero-order chi connectivity index (χ0) is 19.9. The monoisotopic (exact) mass is 414 g/mol. The first kappa shape index (κ1) is 20.5. The third-order valence-corrected chi connectivity index (χ3v) is 5.66. The number of amides is 1. The second kappa shape index (κ2) is 9.80. The second-order valence-electron chi connectivity index (χ2n) is 6.62. The molecule has 0 aliphatic carbocycles. The van der Waals surface area contributed by atoms with Crippen LogP contribution in [0.3, 0.4) is 0 Å². The lowest BCUT2D eigenvalue weighted by atomic mass is 10.1. The lowest BCUT2D eigenvalue weighted by Gasteiger charge is -2.11. The number of carbonyl (C=O) groups excluding carboxylic acids is 1. The number of para-hydroxylation sites is 1. The largest absolute Gasteiger partial charge is 0.444 e. The van der Waals surface area contributed by atoms with Crippen LogP contribution in [0.2, 0.25) is 5.02 Å². The van der Waals surface area contributed by atoms with E-state index in [4.69, 9.17) is 16.0 Å². The molecule has 0 radical (unpaired) electrons. The van der Waals surface area contributed by atoms with E-state index in [1.54, 1.807) is 18.0 Å². The minimum Gasteiger partial charge on any atom is -0.444 e. The Hall–Kier alpha value is -2.24. The number of benzene rings is 2. The van der Waals surface area contributed by atoms with Crippen LogP contribution in [-0.4, -0.2) is 16.6 Å². The Morgan fingerprint density at radius 1 is 1.14 bits per heavy atom. The van der Waals surface area contributed by atoms with Gasteiger partial charge in [0.2, 0.25) is 11.8 Å². The number of thioether (sulfide) groups is 1. The molecule has 28 heavy (non-hydrogen) atoms. The number of rotatable bonds is 8. The summed E-state index contributed by atoms with van der Waals surface area (Å²) in [6, 6.07) is 13.4. The van der Waals surface area contributed by atoms with Crippen molar-refractivity contribution >= 4 is 35.0 Å². The van der Waals surface area contributed by atoms with Gasteiger partial charge in [-0.25, -0.2) is 4.98 Å². The minimum atomic E-state index is 0.0597. The predicted octanol–water partition coefficient (Wildman–Crippen LogP) is 6.26. The third-order valence-electron chi connectivity index (χ3n) is 4.33. The van der Waals surface area contributed by atoms with Crippen LogP contribution < -0.4 is 5.32 Å². The first-order chi connectivity index (χ1) is 13.5. The smallest absolute Gasteiger partial charge is 0.226 e. The summed E-state index contributed by atoms with van der Waals surface area (Å²) in [5.74, 6) is 2.31. The number of oxazole rings is 1. The van der Waals surface area contributed by atoms with Gasteiger partial charge in [-0.3, -0.25) is 4.79 Å². The van der Waals surface area contributed by atoms with E-state index in [2.05, 4.69) is 10.3 Å². The van der Waals surface area contributed by atoms with Gasteiger partial charge in [-0.15, -0.1) is 0 Å². The number of hydrogen-bond acceptors (Lipinski definition) is 4. The molecular weight excluding hydrogens is 392 g/mol. The molecule has 3 rings (SSSR count). The molecule has 2 aromatic carbocycles. The molecular formula is C22H23ClN2O2S. The van der Waals surface area contributed by atoms with Crippen LogP contribution in [0.1, 0.15) is 29.7 Å². The van der Waals surface area contributed by atoms with Gasteiger partial charge >= 0.3 is 0 Å². The van der Waals surface area contributed by atoms with Crippen molar-refractivity contribution in [2.45, 2.75) is 32.4 Å². The van der Waals surface area contributed by atoms with Gasteiger partial charge in [-0.05, 0) is 61.4 Å². The summed E-state index contributed by atoms with van der Waals surface area (Å²) in [5, 5.41) is 3.72. The van der Waals surface area contributed by atoms with Crippen molar-refractivity contribution in [1.29, 1.82) is 0 Å². The summed E-state index contributed by atoms with van der Waals surface area (Å²) in [5.41, 5.74) is 4.91. The van der Waals surface area contributed by atoms with E-state index in [9.17, 15) is 4.79 Å². The van der Waals surface area contributed by atoms with Crippen LogP contribution >= 0.6 is 23.4 Å². The highest BCUT2D eigenvalue weighted by Gasteiger charge is 2.09. The molecule has 0 aliphatic rings. The molecule has 4 nitrogen and oxygen atoms in total. The van der Waals surface area contributed by atoms with Gasteiger partial charge in [-0.1, -0.05) is 29.8 Å². The Bertz CT molecular complexity index is 918. The fourth-order valence-electron chi connectivity index (χ4n) is 2.82.